The first kappa shape index (κ1) is 10.1. The molecule has 1 aliphatic heterocycles. The molecule has 0 amide bonds. The number of aromatic nitrogens is 1. The second-order valence-corrected chi connectivity index (χ2v) is 3.94. The van der Waals surface area contributed by atoms with Crippen molar-refractivity contribution in [2.24, 2.45) is 0 Å². The third-order valence-corrected chi connectivity index (χ3v) is 2.84. The van der Waals surface area contributed by atoms with Crippen LogP contribution in [0.5, 0.6) is 11.5 Å². The molecule has 3 nitrogen and oxygen atoms in total. The predicted molar refractivity (Wildman–Crippen MR) is 65.2 cm³/mol. The van der Waals surface area contributed by atoms with Gasteiger partial charge in [0.15, 0.2) is 11.5 Å². The summed E-state index contributed by atoms with van der Waals surface area (Å²) in [5.41, 5.74) is 3.13. The zero-order valence-electron chi connectivity index (χ0n) is 9.64. The van der Waals surface area contributed by atoms with Crippen molar-refractivity contribution < 1.29 is 9.47 Å². The molecule has 0 N–H and O–H groups in total. The van der Waals surface area contributed by atoms with Crippen LogP contribution in [-0.2, 0) is 6.42 Å². The summed E-state index contributed by atoms with van der Waals surface area (Å²) in [6.07, 6.45) is 0.943. The van der Waals surface area contributed by atoms with Crippen LogP contribution in [0.1, 0.15) is 12.6 Å². The lowest BCUT2D eigenvalue weighted by Gasteiger charge is -2.04. The Morgan fingerprint density at radius 3 is 2.88 bits per heavy atom. The van der Waals surface area contributed by atoms with Crippen molar-refractivity contribution in [3.63, 3.8) is 0 Å². The van der Waals surface area contributed by atoms with E-state index >= 15 is 0 Å². The van der Waals surface area contributed by atoms with Crippen LogP contribution < -0.4 is 9.47 Å². The van der Waals surface area contributed by atoms with Gasteiger partial charge >= 0.3 is 0 Å². The van der Waals surface area contributed by atoms with Crippen LogP contribution in [0.2, 0.25) is 0 Å². The quantitative estimate of drug-likeness (QED) is 0.790. The second kappa shape index (κ2) is 4.09. The van der Waals surface area contributed by atoms with Gasteiger partial charge in [-0.15, -0.1) is 0 Å². The minimum Gasteiger partial charge on any atom is -0.454 e. The molecule has 1 aromatic carbocycles. The Bertz CT molecular complexity index is 552. The maximum Gasteiger partial charge on any atom is 0.231 e. The van der Waals surface area contributed by atoms with Crippen LogP contribution in [0.25, 0.3) is 11.3 Å². The lowest BCUT2D eigenvalue weighted by Crippen LogP contribution is -1.93. The normalized spacial score (nSPS) is 12.8. The third-order valence-electron chi connectivity index (χ3n) is 2.84. The molecule has 2 aromatic rings. The van der Waals surface area contributed by atoms with E-state index in [-0.39, 0.29) is 0 Å². The highest BCUT2D eigenvalue weighted by molar-refractivity contribution is 5.64. The van der Waals surface area contributed by atoms with Crippen molar-refractivity contribution >= 4 is 0 Å². The van der Waals surface area contributed by atoms with Gasteiger partial charge in [-0.3, -0.25) is 4.98 Å². The molecule has 0 saturated carbocycles. The summed E-state index contributed by atoms with van der Waals surface area (Å²) < 4.78 is 10.7. The maximum atomic E-state index is 5.37. The van der Waals surface area contributed by atoms with E-state index in [0.29, 0.717) is 6.79 Å². The Kier molecular flexibility index (Phi) is 2.44. The molecule has 0 saturated heterocycles. The van der Waals surface area contributed by atoms with Crippen molar-refractivity contribution in [1.82, 2.24) is 4.98 Å². The summed E-state index contributed by atoms with van der Waals surface area (Å²) >= 11 is 0. The van der Waals surface area contributed by atoms with Gasteiger partial charge in [0.25, 0.3) is 0 Å². The first-order chi connectivity index (χ1) is 8.36. The number of benzene rings is 1. The van der Waals surface area contributed by atoms with Gasteiger partial charge in [-0.25, -0.2) is 0 Å². The molecule has 0 bridgehead atoms. The van der Waals surface area contributed by atoms with Gasteiger partial charge in [-0.1, -0.05) is 13.0 Å². The minimum absolute atomic E-state index is 0.307. The summed E-state index contributed by atoms with van der Waals surface area (Å²) in [6.45, 7) is 2.41. The summed E-state index contributed by atoms with van der Waals surface area (Å²) in [5.74, 6) is 1.60. The second-order valence-electron chi connectivity index (χ2n) is 3.94. The fourth-order valence-corrected chi connectivity index (χ4v) is 1.89. The number of ether oxygens (including phenoxy) is 2. The van der Waals surface area contributed by atoms with Crippen molar-refractivity contribution in [3.05, 3.63) is 42.1 Å². The Labute approximate surface area is 100 Å². The fourth-order valence-electron chi connectivity index (χ4n) is 1.89. The SMILES string of the molecule is CCc1cccc(-c2ccc3c(c2)OCO3)n1. The Balaban J connectivity index is 2.03. The highest BCUT2D eigenvalue weighted by Gasteiger charge is 2.14. The molecule has 2 heterocycles. The van der Waals surface area contributed by atoms with Crippen LogP contribution in [-0.4, -0.2) is 11.8 Å². The van der Waals surface area contributed by atoms with Crippen molar-refractivity contribution in [1.29, 1.82) is 0 Å². The molecule has 0 unspecified atom stereocenters. The topological polar surface area (TPSA) is 31.4 Å². The average molecular weight is 227 g/mol. The molecular formula is C14H13NO2. The predicted octanol–water partition coefficient (Wildman–Crippen LogP) is 3.04. The monoisotopic (exact) mass is 227 g/mol. The van der Waals surface area contributed by atoms with E-state index in [4.69, 9.17) is 9.47 Å². The first-order valence-corrected chi connectivity index (χ1v) is 5.73. The Hall–Kier alpha value is -2.03. The summed E-state index contributed by atoms with van der Waals surface area (Å²) in [6, 6.07) is 12.0. The van der Waals surface area contributed by atoms with Crippen LogP contribution >= 0.6 is 0 Å². The summed E-state index contributed by atoms with van der Waals surface area (Å²) in [5, 5.41) is 0. The molecule has 0 radical (unpaired) electrons. The maximum absolute atomic E-state index is 5.37. The molecule has 3 rings (SSSR count). The zero-order valence-corrected chi connectivity index (χ0v) is 9.64. The van der Waals surface area contributed by atoms with E-state index in [1.165, 1.54) is 0 Å². The van der Waals surface area contributed by atoms with E-state index in [1.807, 2.05) is 36.4 Å². The third kappa shape index (κ3) is 1.84. The average Bonchev–Trinajstić information content (AvgIpc) is 2.86. The molecule has 0 aliphatic carbocycles. The van der Waals surface area contributed by atoms with Gasteiger partial charge < -0.3 is 9.47 Å². The van der Waals surface area contributed by atoms with Crippen LogP contribution in [0, 0.1) is 0 Å². The number of pyridine rings is 1. The smallest absolute Gasteiger partial charge is 0.231 e. The highest BCUT2D eigenvalue weighted by Crippen LogP contribution is 2.35. The lowest BCUT2D eigenvalue weighted by atomic mass is 10.1. The molecule has 86 valence electrons. The number of nitrogens with zero attached hydrogens (tertiary/aromatic N) is 1. The lowest BCUT2D eigenvalue weighted by molar-refractivity contribution is 0.174. The van der Waals surface area contributed by atoms with Crippen LogP contribution in [0.4, 0.5) is 0 Å². The number of hydrogen-bond donors (Lipinski definition) is 0. The highest BCUT2D eigenvalue weighted by atomic mass is 16.7. The first-order valence-electron chi connectivity index (χ1n) is 5.73. The largest absolute Gasteiger partial charge is 0.454 e. The molecule has 1 aliphatic rings. The van der Waals surface area contributed by atoms with Crippen molar-refractivity contribution in [2.45, 2.75) is 13.3 Å². The van der Waals surface area contributed by atoms with Gasteiger partial charge in [0.05, 0.1) is 5.69 Å². The molecule has 17 heavy (non-hydrogen) atoms. The van der Waals surface area contributed by atoms with E-state index in [9.17, 15) is 0 Å². The minimum atomic E-state index is 0.307. The Morgan fingerprint density at radius 2 is 2.00 bits per heavy atom. The molecule has 0 spiro atoms. The van der Waals surface area contributed by atoms with Gasteiger partial charge in [0.2, 0.25) is 6.79 Å². The van der Waals surface area contributed by atoms with E-state index in [1.54, 1.807) is 0 Å². The summed E-state index contributed by atoms with van der Waals surface area (Å²) in [7, 11) is 0. The van der Waals surface area contributed by atoms with Gasteiger partial charge in [0.1, 0.15) is 0 Å². The molecule has 0 fully saturated rings. The molecule has 3 heteroatoms. The van der Waals surface area contributed by atoms with Crippen molar-refractivity contribution in [2.75, 3.05) is 6.79 Å². The van der Waals surface area contributed by atoms with E-state index < -0.39 is 0 Å². The van der Waals surface area contributed by atoms with E-state index in [2.05, 4.69) is 11.9 Å². The number of rotatable bonds is 2. The van der Waals surface area contributed by atoms with Crippen molar-refractivity contribution in [3.8, 4) is 22.8 Å². The van der Waals surface area contributed by atoms with Crippen LogP contribution in [0.15, 0.2) is 36.4 Å². The van der Waals surface area contributed by atoms with E-state index in [0.717, 1.165) is 34.9 Å². The van der Waals surface area contributed by atoms with Crippen LogP contribution in [0.3, 0.4) is 0 Å². The standard InChI is InChI=1S/C14H13NO2/c1-2-11-4-3-5-12(15-11)10-6-7-13-14(8-10)17-9-16-13/h3-8H,2,9H2,1H3. The van der Waals surface area contributed by atoms with Gasteiger partial charge in [0, 0.05) is 11.3 Å². The Morgan fingerprint density at radius 1 is 1.12 bits per heavy atom. The van der Waals surface area contributed by atoms with Gasteiger partial charge in [-0.05, 0) is 36.8 Å². The number of fused-ring (bicyclic) bond motifs is 1. The molecule has 0 atom stereocenters. The number of hydrogen-bond acceptors (Lipinski definition) is 3. The molecular weight excluding hydrogens is 214 g/mol. The molecule has 1 aromatic heterocycles. The fraction of sp³-hybridized carbons (Fsp3) is 0.214. The summed E-state index contributed by atoms with van der Waals surface area (Å²) in [4.78, 5) is 4.59. The number of aryl methyl sites for hydroxylation is 1. The zero-order chi connectivity index (χ0) is 11.7. The van der Waals surface area contributed by atoms with Gasteiger partial charge in [-0.2, -0.15) is 0 Å².